The molecule has 0 aromatic heterocycles. The van der Waals surface area contributed by atoms with E-state index in [1.54, 1.807) is 26.1 Å². The van der Waals surface area contributed by atoms with Crippen molar-refractivity contribution < 1.29 is 13.6 Å². The molecule has 3 N–H and O–H groups in total. The van der Waals surface area contributed by atoms with Crippen molar-refractivity contribution in [1.82, 2.24) is 10.6 Å². The van der Waals surface area contributed by atoms with E-state index in [0.717, 1.165) is 5.56 Å². The first-order valence-corrected chi connectivity index (χ1v) is 7.73. The predicted octanol–water partition coefficient (Wildman–Crippen LogP) is 2.58. The van der Waals surface area contributed by atoms with Gasteiger partial charge in [0.05, 0.1) is 6.54 Å². The maximum atomic E-state index is 13.5. The minimum absolute atomic E-state index is 0.0432. The average Bonchev–Trinajstić information content (AvgIpc) is 2.58. The molecule has 2 rings (SSSR count). The van der Waals surface area contributed by atoms with Gasteiger partial charge in [0, 0.05) is 19.3 Å². The number of aryl methyl sites for hydroxylation is 1. The molecule has 0 aliphatic carbocycles. The molecule has 0 bridgehead atoms. The highest BCUT2D eigenvalue weighted by atomic mass is 19.1. The summed E-state index contributed by atoms with van der Waals surface area (Å²) in [6.07, 6.45) is 0. The van der Waals surface area contributed by atoms with E-state index in [1.807, 2.05) is 6.07 Å². The molecule has 0 fully saturated rings. The van der Waals surface area contributed by atoms with E-state index in [9.17, 15) is 13.6 Å². The highest BCUT2D eigenvalue weighted by Crippen LogP contribution is 2.09. The highest BCUT2D eigenvalue weighted by molar-refractivity contribution is 5.94. The Morgan fingerprint density at radius 1 is 1.12 bits per heavy atom. The Hall–Kier alpha value is -2.96. The van der Waals surface area contributed by atoms with Crippen LogP contribution in [0.3, 0.4) is 0 Å². The fourth-order valence-corrected chi connectivity index (χ4v) is 2.09. The molecule has 0 aliphatic heterocycles. The van der Waals surface area contributed by atoms with Crippen LogP contribution in [-0.4, -0.2) is 25.5 Å². The maximum Gasteiger partial charge on any atom is 0.243 e. The third kappa shape index (κ3) is 5.87. The number of carbonyl (C=O) groups is 1. The SMILES string of the molecule is CN=C(NCC(=O)Nc1cccc(F)c1)NCc1ccc(C)c(F)c1. The Kier molecular flexibility index (Phi) is 6.45. The number of halogens is 2. The van der Waals surface area contributed by atoms with Crippen LogP contribution < -0.4 is 16.0 Å². The van der Waals surface area contributed by atoms with Crippen molar-refractivity contribution in [1.29, 1.82) is 0 Å². The molecule has 0 unspecified atom stereocenters. The molecule has 25 heavy (non-hydrogen) atoms. The lowest BCUT2D eigenvalue weighted by Crippen LogP contribution is -2.41. The molecule has 132 valence electrons. The molecule has 0 radical (unpaired) electrons. The lowest BCUT2D eigenvalue weighted by Gasteiger charge is -2.12. The van der Waals surface area contributed by atoms with Crippen molar-refractivity contribution in [3.05, 3.63) is 65.2 Å². The number of nitrogens with zero attached hydrogens (tertiary/aromatic N) is 1. The fourth-order valence-electron chi connectivity index (χ4n) is 2.09. The van der Waals surface area contributed by atoms with Crippen LogP contribution in [0.15, 0.2) is 47.5 Å². The normalized spacial score (nSPS) is 11.1. The summed E-state index contributed by atoms with van der Waals surface area (Å²) in [5, 5.41) is 8.41. The van der Waals surface area contributed by atoms with Gasteiger partial charge in [-0.05, 0) is 42.3 Å². The summed E-state index contributed by atoms with van der Waals surface area (Å²) in [7, 11) is 1.57. The number of hydrogen-bond acceptors (Lipinski definition) is 2. The summed E-state index contributed by atoms with van der Waals surface area (Å²) in [4.78, 5) is 15.9. The first-order chi connectivity index (χ1) is 12.0. The van der Waals surface area contributed by atoms with E-state index in [0.29, 0.717) is 23.8 Å². The molecule has 2 aromatic rings. The van der Waals surface area contributed by atoms with Gasteiger partial charge in [-0.2, -0.15) is 0 Å². The average molecular weight is 346 g/mol. The number of nitrogens with one attached hydrogen (secondary N) is 3. The lowest BCUT2D eigenvalue weighted by molar-refractivity contribution is -0.115. The minimum atomic E-state index is -0.423. The van der Waals surface area contributed by atoms with Crippen molar-refractivity contribution in [3.8, 4) is 0 Å². The summed E-state index contributed by atoms with van der Waals surface area (Å²) < 4.78 is 26.6. The van der Waals surface area contributed by atoms with Gasteiger partial charge < -0.3 is 16.0 Å². The fraction of sp³-hybridized carbons (Fsp3) is 0.222. The van der Waals surface area contributed by atoms with E-state index in [4.69, 9.17) is 0 Å². The largest absolute Gasteiger partial charge is 0.352 e. The second-order valence-electron chi connectivity index (χ2n) is 5.42. The van der Waals surface area contributed by atoms with Crippen molar-refractivity contribution in [2.45, 2.75) is 13.5 Å². The summed E-state index contributed by atoms with van der Waals surface area (Å²) in [6.45, 7) is 2.02. The first-order valence-electron chi connectivity index (χ1n) is 7.73. The number of benzene rings is 2. The number of hydrogen-bond donors (Lipinski definition) is 3. The third-order valence-electron chi connectivity index (χ3n) is 3.44. The summed E-state index contributed by atoms with van der Waals surface area (Å²) >= 11 is 0. The zero-order valence-electron chi connectivity index (χ0n) is 14.1. The minimum Gasteiger partial charge on any atom is -0.352 e. The molecule has 0 atom stereocenters. The van der Waals surface area contributed by atoms with Crippen LogP contribution in [0.4, 0.5) is 14.5 Å². The Labute approximate surface area is 145 Å². The van der Waals surface area contributed by atoms with E-state index >= 15 is 0 Å². The van der Waals surface area contributed by atoms with Gasteiger partial charge in [0.25, 0.3) is 0 Å². The van der Waals surface area contributed by atoms with Crippen LogP contribution >= 0.6 is 0 Å². The predicted molar refractivity (Wildman–Crippen MR) is 94.4 cm³/mol. The zero-order valence-corrected chi connectivity index (χ0v) is 14.1. The van der Waals surface area contributed by atoms with Crippen LogP contribution in [-0.2, 0) is 11.3 Å². The van der Waals surface area contributed by atoms with Gasteiger partial charge in [0.1, 0.15) is 11.6 Å². The van der Waals surface area contributed by atoms with Gasteiger partial charge in [-0.1, -0.05) is 18.2 Å². The van der Waals surface area contributed by atoms with Crippen molar-refractivity contribution in [3.63, 3.8) is 0 Å². The second-order valence-corrected chi connectivity index (χ2v) is 5.42. The monoisotopic (exact) mass is 346 g/mol. The number of guanidine groups is 1. The Balaban J connectivity index is 1.81. The zero-order chi connectivity index (χ0) is 18.2. The van der Waals surface area contributed by atoms with E-state index in [2.05, 4.69) is 20.9 Å². The first kappa shape index (κ1) is 18.4. The summed E-state index contributed by atoms with van der Waals surface area (Å²) in [6, 6.07) is 10.6. The van der Waals surface area contributed by atoms with E-state index < -0.39 is 5.82 Å². The lowest BCUT2D eigenvalue weighted by atomic mass is 10.1. The van der Waals surface area contributed by atoms with Crippen LogP contribution in [0.25, 0.3) is 0 Å². The van der Waals surface area contributed by atoms with Gasteiger partial charge in [0.2, 0.25) is 5.91 Å². The summed E-state index contributed by atoms with van der Waals surface area (Å²) in [5.74, 6) is -0.629. The molecule has 0 aliphatic rings. The number of amides is 1. The second kappa shape index (κ2) is 8.77. The molecule has 0 spiro atoms. The van der Waals surface area contributed by atoms with Gasteiger partial charge in [-0.15, -0.1) is 0 Å². The molecule has 1 amide bonds. The topological polar surface area (TPSA) is 65.5 Å². The van der Waals surface area contributed by atoms with Gasteiger partial charge in [0.15, 0.2) is 5.96 Å². The van der Waals surface area contributed by atoms with Gasteiger partial charge in [-0.25, -0.2) is 8.78 Å². The van der Waals surface area contributed by atoms with Crippen molar-refractivity contribution in [2.24, 2.45) is 4.99 Å². The molecule has 0 saturated heterocycles. The number of carbonyl (C=O) groups excluding carboxylic acids is 1. The Morgan fingerprint density at radius 3 is 2.60 bits per heavy atom. The molecule has 2 aromatic carbocycles. The molecule has 0 heterocycles. The molecule has 7 heteroatoms. The highest BCUT2D eigenvalue weighted by Gasteiger charge is 2.06. The Bertz CT molecular complexity index is 777. The van der Waals surface area contributed by atoms with Gasteiger partial charge in [-0.3, -0.25) is 9.79 Å². The molecular weight excluding hydrogens is 326 g/mol. The molecule has 0 saturated carbocycles. The number of rotatable bonds is 5. The van der Waals surface area contributed by atoms with Crippen LogP contribution in [0.5, 0.6) is 0 Å². The maximum absolute atomic E-state index is 13.5. The van der Waals surface area contributed by atoms with Crippen LogP contribution in [0.1, 0.15) is 11.1 Å². The quantitative estimate of drug-likeness (QED) is 0.576. The van der Waals surface area contributed by atoms with Crippen LogP contribution in [0, 0.1) is 18.6 Å². The van der Waals surface area contributed by atoms with Crippen LogP contribution in [0.2, 0.25) is 0 Å². The van der Waals surface area contributed by atoms with Gasteiger partial charge >= 0.3 is 0 Å². The smallest absolute Gasteiger partial charge is 0.243 e. The third-order valence-corrected chi connectivity index (χ3v) is 3.44. The Morgan fingerprint density at radius 2 is 1.92 bits per heavy atom. The number of anilines is 1. The number of aliphatic imine (C=N–C) groups is 1. The van der Waals surface area contributed by atoms with E-state index in [-0.39, 0.29) is 18.3 Å². The molecule has 5 nitrogen and oxygen atoms in total. The standard InChI is InChI=1S/C18H20F2N4O/c1-12-6-7-13(8-16(12)20)10-22-18(21-2)23-11-17(25)24-15-5-3-4-14(19)9-15/h3-9H,10-11H2,1-2H3,(H,24,25)(H2,21,22,23). The van der Waals surface area contributed by atoms with Crippen molar-refractivity contribution >= 4 is 17.6 Å². The summed E-state index contributed by atoms with van der Waals surface area (Å²) in [5.41, 5.74) is 1.72. The molecular formula is C18H20F2N4O. The van der Waals surface area contributed by atoms with Crippen molar-refractivity contribution in [2.75, 3.05) is 18.9 Å². The van der Waals surface area contributed by atoms with E-state index in [1.165, 1.54) is 24.3 Å².